The van der Waals surface area contributed by atoms with Gasteiger partial charge in [-0.1, -0.05) is 68.8 Å². The lowest BCUT2D eigenvalue weighted by molar-refractivity contribution is -0.119. The summed E-state index contributed by atoms with van der Waals surface area (Å²) < 4.78 is 0. The third kappa shape index (κ3) is 5.35. The van der Waals surface area contributed by atoms with Crippen LogP contribution in [0.1, 0.15) is 63.4 Å². The number of nitrogens with zero attached hydrogens (tertiary/aromatic N) is 1. The fourth-order valence-corrected chi connectivity index (χ4v) is 2.49. The van der Waals surface area contributed by atoms with Crippen molar-refractivity contribution in [1.82, 2.24) is 0 Å². The number of halogens is 1. The zero-order valence-corrected chi connectivity index (χ0v) is 12.8. The van der Waals surface area contributed by atoms with Gasteiger partial charge in [0.1, 0.15) is 5.92 Å². The number of Topliss-reactive ketones (excluding diaryl/α,β-unsaturated/α-hetero) is 1. The fourth-order valence-electron chi connectivity index (χ4n) is 2.25. The predicted molar refractivity (Wildman–Crippen MR) is 82.8 cm³/mol. The minimum Gasteiger partial charge on any atom is -0.298 e. The molecular weight excluding hydrogens is 270 g/mol. The number of carbonyl (C=O) groups is 1. The van der Waals surface area contributed by atoms with Gasteiger partial charge in [0.2, 0.25) is 0 Å². The fraction of sp³-hybridized carbons (Fsp3) is 0.529. The predicted octanol–water partition coefficient (Wildman–Crippen LogP) is 5.27. The molecule has 0 bridgehead atoms. The molecule has 0 aliphatic heterocycles. The minimum absolute atomic E-state index is 0.0175. The van der Waals surface area contributed by atoms with Crippen molar-refractivity contribution < 1.29 is 4.79 Å². The molecule has 1 aromatic rings. The van der Waals surface area contributed by atoms with Crippen LogP contribution in [0.4, 0.5) is 0 Å². The molecule has 108 valence electrons. The standard InChI is InChI=1S/C17H22ClNO/c1-2-3-4-5-6-7-12-17(20)15(13-19)14-10-8-9-11-16(14)18/h8-11,15H,2-7,12H2,1H3. The summed E-state index contributed by atoms with van der Waals surface area (Å²) in [5, 5.41) is 9.71. The molecule has 0 saturated heterocycles. The average molecular weight is 292 g/mol. The van der Waals surface area contributed by atoms with Crippen LogP contribution in [0.25, 0.3) is 0 Å². The van der Waals surface area contributed by atoms with E-state index in [0.717, 1.165) is 12.8 Å². The van der Waals surface area contributed by atoms with Gasteiger partial charge in [0.05, 0.1) is 6.07 Å². The number of benzene rings is 1. The Hall–Kier alpha value is -1.33. The number of nitriles is 1. The lowest BCUT2D eigenvalue weighted by Gasteiger charge is -2.10. The van der Waals surface area contributed by atoms with Crippen molar-refractivity contribution in [2.75, 3.05) is 0 Å². The van der Waals surface area contributed by atoms with E-state index in [2.05, 4.69) is 13.0 Å². The highest BCUT2D eigenvalue weighted by Gasteiger charge is 2.21. The Morgan fingerprint density at radius 1 is 1.20 bits per heavy atom. The first-order chi connectivity index (χ1) is 9.70. The monoisotopic (exact) mass is 291 g/mol. The molecule has 0 aliphatic carbocycles. The van der Waals surface area contributed by atoms with Crippen LogP contribution in [0.5, 0.6) is 0 Å². The summed E-state index contributed by atoms with van der Waals surface area (Å²) in [5.41, 5.74) is 0.632. The van der Waals surface area contributed by atoms with E-state index in [1.54, 1.807) is 18.2 Å². The lowest BCUT2D eigenvalue weighted by Crippen LogP contribution is -2.11. The van der Waals surface area contributed by atoms with Gasteiger partial charge in [-0.15, -0.1) is 0 Å². The number of rotatable bonds is 9. The zero-order valence-electron chi connectivity index (χ0n) is 12.1. The summed E-state index contributed by atoms with van der Waals surface area (Å²) in [6.45, 7) is 2.19. The van der Waals surface area contributed by atoms with Crippen molar-refractivity contribution in [3.05, 3.63) is 34.9 Å². The summed E-state index contributed by atoms with van der Waals surface area (Å²) in [7, 11) is 0. The van der Waals surface area contributed by atoms with Gasteiger partial charge >= 0.3 is 0 Å². The molecule has 0 saturated carbocycles. The maximum atomic E-state index is 12.1. The zero-order chi connectivity index (χ0) is 14.8. The maximum Gasteiger partial charge on any atom is 0.154 e. The average Bonchev–Trinajstić information content (AvgIpc) is 2.45. The third-order valence-electron chi connectivity index (χ3n) is 3.44. The molecule has 0 aliphatic rings. The second kappa shape index (κ2) is 9.55. The second-order valence-electron chi connectivity index (χ2n) is 5.07. The number of carbonyl (C=O) groups excluding carboxylic acids is 1. The van der Waals surface area contributed by atoms with E-state index >= 15 is 0 Å². The SMILES string of the molecule is CCCCCCCCC(=O)C(C#N)c1ccccc1Cl. The molecule has 1 aromatic carbocycles. The molecule has 3 heteroatoms. The van der Waals surface area contributed by atoms with Crippen LogP contribution >= 0.6 is 11.6 Å². The summed E-state index contributed by atoms with van der Waals surface area (Å²) in [4.78, 5) is 12.1. The van der Waals surface area contributed by atoms with E-state index < -0.39 is 5.92 Å². The van der Waals surface area contributed by atoms with Crippen LogP contribution in [-0.2, 0) is 4.79 Å². The molecule has 2 nitrogen and oxygen atoms in total. The molecule has 20 heavy (non-hydrogen) atoms. The molecule has 0 heterocycles. The Morgan fingerprint density at radius 2 is 1.85 bits per heavy atom. The third-order valence-corrected chi connectivity index (χ3v) is 3.79. The largest absolute Gasteiger partial charge is 0.298 e. The van der Waals surface area contributed by atoms with Gasteiger partial charge in [-0.25, -0.2) is 0 Å². The smallest absolute Gasteiger partial charge is 0.154 e. The van der Waals surface area contributed by atoms with Crippen molar-refractivity contribution in [2.45, 2.75) is 57.8 Å². The van der Waals surface area contributed by atoms with Crippen molar-refractivity contribution >= 4 is 17.4 Å². The molecule has 1 rings (SSSR count). The van der Waals surface area contributed by atoms with Gasteiger partial charge in [-0.3, -0.25) is 4.79 Å². The minimum atomic E-state index is -0.723. The molecule has 1 unspecified atom stereocenters. The molecule has 0 amide bonds. The quantitative estimate of drug-likeness (QED) is 0.582. The van der Waals surface area contributed by atoms with Crippen LogP contribution in [0, 0.1) is 11.3 Å². The summed E-state index contributed by atoms with van der Waals surface area (Å²) in [6.07, 6.45) is 7.28. The Kier molecular flexibility index (Phi) is 7.99. The molecule has 1 atom stereocenters. The molecular formula is C17H22ClNO. The highest BCUT2D eigenvalue weighted by Crippen LogP contribution is 2.26. The molecule has 0 spiro atoms. The van der Waals surface area contributed by atoms with Crippen LogP contribution in [0.2, 0.25) is 5.02 Å². The highest BCUT2D eigenvalue weighted by atomic mass is 35.5. The van der Waals surface area contributed by atoms with Crippen LogP contribution in [-0.4, -0.2) is 5.78 Å². The van der Waals surface area contributed by atoms with Gasteiger partial charge in [-0.2, -0.15) is 5.26 Å². The van der Waals surface area contributed by atoms with Crippen molar-refractivity contribution in [2.24, 2.45) is 0 Å². The molecule has 0 N–H and O–H groups in total. The first-order valence-corrected chi connectivity index (χ1v) is 7.75. The molecule has 0 fully saturated rings. The Bertz CT molecular complexity index is 464. The van der Waals surface area contributed by atoms with Gasteiger partial charge in [-0.05, 0) is 18.1 Å². The van der Waals surface area contributed by atoms with Crippen molar-refractivity contribution in [3.63, 3.8) is 0 Å². The first-order valence-electron chi connectivity index (χ1n) is 7.37. The van der Waals surface area contributed by atoms with Gasteiger partial charge in [0, 0.05) is 11.4 Å². The number of hydrogen-bond donors (Lipinski definition) is 0. The second-order valence-corrected chi connectivity index (χ2v) is 5.47. The summed E-state index contributed by atoms with van der Waals surface area (Å²) in [5.74, 6) is -0.740. The highest BCUT2D eigenvalue weighted by molar-refractivity contribution is 6.31. The first kappa shape index (κ1) is 16.7. The van der Waals surface area contributed by atoms with Crippen molar-refractivity contribution in [1.29, 1.82) is 5.26 Å². The maximum absolute atomic E-state index is 12.1. The van der Waals surface area contributed by atoms with E-state index in [4.69, 9.17) is 11.6 Å². The summed E-state index contributed by atoms with van der Waals surface area (Å²) >= 11 is 6.06. The van der Waals surface area contributed by atoms with E-state index in [1.165, 1.54) is 25.7 Å². The van der Waals surface area contributed by atoms with Gasteiger partial charge in [0.15, 0.2) is 5.78 Å². The van der Waals surface area contributed by atoms with Crippen molar-refractivity contribution in [3.8, 4) is 6.07 Å². The molecule has 0 radical (unpaired) electrons. The lowest BCUT2D eigenvalue weighted by atomic mass is 9.93. The van der Waals surface area contributed by atoms with Gasteiger partial charge < -0.3 is 0 Å². The number of hydrogen-bond acceptors (Lipinski definition) is 2. The van der Waals surface area contributed by atoms with E-state index in [-0.39, 0.29) is 5.78 Å². The Morgan fingerprint density at radius 3 is 2.50 bits per heavy atom. The van der Waals surface area contributed by atoms with Crippen LogP contribution in [0.15, 0.2) is 24.3 Å². The Labute approximate surface area is 126 Å². The topological polar surface area (TPSA) is 40.9 Å². The van der Waals surface area contributed by atoms with Crippen LogP contribution in [0.3, 0.4) is 0 Å². The normalized spacial score (nSPS) is 11.8. The van der Waals surface area contributed by atoms with Gasteiger partial charge in [0.25, 0.3) is 0 Å². The number of ketones is 1. The van der Waals surface area contributed by atoms with E-state index in [0.29, 0.717) is 17.0 Å². The van der Waals surface area contributed by atoms with E-state index in [9.17, 15) is 10.1 Å². The molecule has 0 aromatic heterocycles. The van der Waals surface area contributed by atoms with Crippen LogP contribution < -0.4 is 0 Å². The Balaban J connectivity index is 2.45. The van der Waals surface area contributed by atoms with E-state index in [1.807, 2.05) is 6.07 Å². The number of unbranched alkanes of at least 4 members (excludes halogenated alkanes) is 5. The summed E-state index contributed by atoms with van der Waals surface area (Å²) in [6, 6.07) is 9.18.